The highest BCUT2D eigenvalue weighted by Crippen LogP contribution is 2.36. The molecule has 2 rings (SSSR count). The average Bonchev–Trinajstić information content (AvgIpc) is 2.68. The van der Waals surface area contributed by atoms with E-state index in [1.54, 1.807) is 13.0 Å². The number of aldehydes is 1. The molecule has 0 spiro atoms. The van der Waals surface area contributed by atoms with Crippen molar-refractivity contribution in [3.05, 3.63) is 40.4 Å². The molecule has 0 saturated carbocycles. The van der Waals surface area contributed by atoms with Crippen LogP contribution in [-0.2, 0) is 6.18 Å². The van der Waals surface area contributed by atoms with Crippen LogP contribution < -0.4 is 0 Å². The van der Waals surface area contributed by atoms with Crippen molar-refractivity contribution in [1.29, 1.82) is 0 Å². The zero-order valence-corrected chi connectivity index (χ0v) is 11.3. The van der Waals surface area contributed by atoms with Gasteiger partial charge in [-0.05, 0) is 25.1 Å². The Bertz CT molecular complexity index is 607. The van der Waals surface area contributed by atoms with Gasteiger partial charge >= 0.3 is 6.18 Å². The van der Waals surface area contributed by atoms with Gasteiger partial charge in [0, 0.05) is 9.77 Å². The minimum Gasteiger partial charge on any atom is -0.296 e. The van der Waals surface area contributed by atoms with Gasteiger partial charge in [0.15, 0.2) is 10.6 Å². The molecule has 1 aromatic heterocycles. The van der Waals surface area contributed by atoms with E-state index in [4.69, 9.17) is 0 Å². The second kappa shape index (κ2) is 5.34. The summed E-state index contributed by atoms with van der Waals surface area (Å²) in [6.07, 6.45) is -3.72. The zero-order valence-electron chi connectivity index (χ0n) is 9.69. The highest BCUT2D eigenvalue weighted by atomic mass is 32.2. The van der Waals surface area contributed by atoms with Crippen LogP contribution in [0.5, 0.6) is 0 Å². The number of nitrogens with zero attached hydrogens (tertiary/aromatic N) is 1. The highest BCUT2D eigenvalue weighted by molar-refractivity contribution is 8.01. The quantitative estimate of drug-likeness (QED) is 0.785. The van der Waals surface area contributed by atoms with E-state index in [9.17, 15) is 18.0 Å². The Labute approximate surface area is 115 Å². The van der Waals surface area contributed by atoms with Crippen molar-refractivity contribution >= 4 is 29.4 Å². The minimum absolute atomic E-state index is 0.333. The van der Waals surface area contributed by atoms with E-state index < -0.39 is 11.7 Å². The zero-order chi connectivity index (χ0) is 14.0. The van der Waals surface area contributed by atoms with Crippen LogP contribution in [0.3, 0.4) is 0 Å². The summed E-state index contributed by atoms with van der Waals surface area (Å²) < 4.78 is 38.2. The largest absolute Gasteiger partial charge is 0.416 e. The Kier molecular flexibility index (Phi) is 3.96. The second-order valence-corrected chi connectivity index (χ2v) is 6.19. The number of hydrogen-bond donors (Lipinski definition) is 0. The first-order valence-electron chi connectivity index (χ1n) is 5.18. The third-order valence-corrected chi connectivity index (χ3v) is 4.33. The number of alkyl halides is 3. The fraction of sp³-hybridized carbons (Fsp3) is 0.167. The van der Waals surface area contributed by atoms with Gasteiger partial charge in [-0.3, -0.25) is 4.79 Å². The number of aryl methyl sites for hydroxylation is 1. The molecule has 0 saturated heterocycles. The van der Waals surface area contributed by atoms with Crippen LogP contribution in [0, 0.1) is 6.92 Å². The number of aromatic nitrogens is 1. The van der Waals surface area contributed by atoms with Crippen LogP contribution in [-0.4, -0.2) is 11.3 Å². The molecule has 0 fully saturated rings. The normalized spacial score (nSPS) is 11.6. The van der Waals surface area contributed by atoms with E-state index >= 15 is 0 Å². The van der Waals surface area contributed by atoms with Crippen LogP contribution in [0.25, 0.3) is 0 Å². The Hall–Kier alpha value is -1.34. The molecule has 19 heavy (non-hydrogen) atoms. The van der Waals surface area contributed by atoms with E-state index in [0.29, 0.717) is 21.2 Å². The van der Waals surface area contributed by atoms with Gasteiger partial charge in [0.05, 0.1) is 5.56 Å². The van der Waals surface area contributed by atoms with Crippen molar-refractivity contribution in [2.75, 3.05) is 0 Å². The molecule has 1 heterocycles. The van der Waals surface area contributed by atoms with Crippen LogP contribution in [0.1, 0.15) is 20.9 Å². The standard InChI is InChI=1S/C12H8F3NOS2/c1-7-10(6-17)16-11(18-7)19-9-4-2-3-8(5-9)12(13,14)15/h2-6H,1H3. The fourth-order valence-electron chi connectivity index (χ4n) is 1.37. The van der Waals surface area contributed by atoms with Gasteiger partial charge in [-0.15, -0.1) is 11.3 Å². The van der Waals surface area contributed by atoms with Crippen LogP contribution in [0.15, 0.2) is 33.5 Å². The first kappa shape index (κ1) is 14.1. The van der Waals surface area contributed by atoms with Gasteiger partial charge < -0.3 is 0 Å². The number of carbonyl (C=O) groups is 1. The first-order chi connectivity index (χ1) is 8.90. The van der Waals surface area contributed by atoms with Crippen molar-refractivity contribution in [2.24, 2.45) is 0 Å². The predicted molar refractivity (Wildman–Crippen MR) is 67.8 cm³/mol. The summed E-state index contributed by atoms with van der Waals surface area (Å²) in [5, 5.41) is 0. The van der Waals surface area contributed by atoms with Gasteiger partial charge in [-0.1, -0.05) is 17.8 Å². The van der Waals surface area contributed by atoms with Crippen molar-refractivity contribution in [1.82, 2.24) is 4.98 Å². The lowest BCUT2D eigenvalue weighted by atomic mass is 10.2. The molecule has 1 aromatic carbocycles. The van der Waals surface area contributed by atoms with Crippen LogP contribution in [0.4, 0.5) is 13.2 Å². The van der Waals surface area contributed by atoms with Gasteiger partial charge in [0.2, 0.25) is 0 Å². The molecule has 0 radical (unpaired) electrons. The van der Waals surface area contributed by atoms with Gasteiger partial charge in [0.25, 0.3) is 0 Å². The molecule has 2 nitrogen and oxygen atoms in total. The Morgan fingerprint density at radius 3 is 2.68 bits per heavy atom. The lowest BCUT2D eigenvalue weighted by Gasteiger charge is -2.07. The molecular formula is C12H8F3NOS2. The smallest absolute Gasteiger partial charge is 0.296 e. The maximum Gasteiger partial charge on any atom is 0.416 e. The lowest BCUT2D eigenvalue weighted by Crippen LogP contribution is -2.04. The highest BCUT2D eigenvalue weighted by Gasteiger charge is 2.30. The van der Waals surface area contributed by atoms with Crippen molar-refractivity contribution < 1.29 is 18.0 Å². The maximum absolute atomic E-state index is 12.6. The van der Waals surface area contributed by atoms with E-state index in [-0.39, 0.29) is 0 Å². The summed E-state index contributed by atoms with van der Waals surface area (Å²) in [6, 6.07) is 5.03. The molecule has 100 valence electrons. The molecule has 0 N–H and O–H groups in total. The molecule has 0 aliphatic heterocycles. The molecule has 0 unspecified atom stereocenters. The molecule has 0 aliphatic rings. The molecular weight excluding hydrogens is 295 g/mol. The van der Waals surface area contributed by atoms with E-state index in [1.807, 2.05) is 0 Å². The van der Waals surface area contributed by atoms with E-state index in [0.717, 1.165) is 28.8 Å². The molecule has 0 aliphatic carbocycles. The summed E-state index contributed by atoms with van der Waals surface area (Å²) in [7, 11) is 0. The average molecular weight is 303 g/mol. The SMILES string of the molecule is Cc1sc(Sc2cccc(C(F)(F)F)c2)nc1C=O. The second-order valence-electron chi connectivity index (χ2n) is 3.67. The van der Waals surface area contributed by atoms with E-state index in [1.165, 1.54) is 17.4 Å². The number of carbonyl (C=O) groups excluding carboxylic acids is 1. The monoisotopic (exact) mass is 303 g/mol. The number of benzene rings is 1. The Morgan fingerprint density at radius 2 is 2.11 bits per heavy atom. The van der Waals surface area contributed by atoms with E-state index in [2.05, 4.69) is 4.98 Å². The number of halogens is 3. The summed E-state index contributed by atoms with van der Waals surface area (Å²) in [5.41, 5.74) is -0.360. The van der Waals surface area contributed by atoms with Gasteiger partial charge in [-0.2, -0.15) is 13.2 Å². The van der Waals surface area contributed by atoms with Crippen LogP contribution in [0.2, 0.25) is 0 Å². The van der Waals surface area contributed by atoms with Crippen LogP contribution >= 0.6 is 23.1 Å². The minimum atomic E-state index is -4.36. The molecule has 0 bridgehead atoms. The fourth-order valence-corrected chi connectivity index (χ4v) is 3.49. The Balaban J connectivity index is 2.25. The third-order valence-electron chi connectivity index (χ3n) is 2.29. The number of rotatable bonds is 3. The molecule has 7 heteroatoms. The van der Waals surface area contributed by atoms with Crippen molar-refractivity contribution in [2.45, 2.75) is 22.3 Å². The maximum atomic E-state index is 12.6. The molecule has 2 aromatic rings. The number of thiazole rings is 1. The molecule has 0 amide bonds. The third kappa shape index (κ3) is 3.36. The Morgan fingerprint density at radius 1 is 1.37 bits per heavy atom. The van der Waals surface area contributed by atoms with Gasteiger partial charge in [0.1, 0.15) is 5.69 Å². The van der Waals surface area contributed by atoms with Gasteiger partial charge in [-0.25, -0.2) is 4.98 Å². The summed E-state index contributed by atoms with van der Waals surface area (Å²) in [6.45, 7) is 1.75. The predicted octanol–water partition coefficient (Wildman–Crippen LogP) is 4.43. The van der Waals surface area contributed by atoms with Crippen molar-refractivity contribution in [3.63, 3.8) is 0 Å². The molecule has 0 atom stereocenters. The number of hydrogen-bond acceptors (Lipinski definition) is 4. The van der Waals surface area contributed by atoms with Crippen molar-refractivity contribution in [3.8, 4) is 0 Å². The lowest BCUT2D eigenvalue weighted by molar-refractivity contribution is -0.137. The summed E-state index contributed by atoms with van der Waals surface area (Å²) >= 11 is 2.40. The summed E-state index contributed by atoms with van der Waals surface area (Å²) in [5.74, 6) is 0. The first-order valence-corrected chi connectivity index (χ1v) is 6.81. The summed E-state index contributed by atoms with van der Waals surface area (Å²) in [4.78, 5) is 15.9. The topological polar surface area (TPSA) is 30.0 Å².